The third-order valence-corrected chi connectivity index (χ3v) is 3.54. The molecule has 3 N–H and O–H groups in total. The average molecular weight is 326 g/mol. The van der Waals surface area contributed by atoms with E-state index >= 15 is 0 Å². The summed E-state index contributed by atoms with van der Waals surface area (Å²) in [6.45, 7) is 1.93. The quantitative estimate of drug-likeness (QED) is 0.679. The number of phenols is 1. The van der Waals surface area contributed by atoms with Crippen molar-refractivity contribution in [3.8, 4) is 5.75 Å². The number of nitrogens with one attached hydrogen (secondary N) is 1. The fourth-order valence-corrected chi connectivity index (χ4v) is 2.38. The first-order valence-electron chi connectivity index (χ1n) is 7.15. The Balaban J connectivity index is 1.76. The molecule has 0 saturated heterocycles. The summed E-state index contributed by atoms with van der Waals surface area (Å²) < 4.78 is 5.18. The van der Waals surface area contributed by atoms with Gasteiger partial charge in [-0.3, -0.25) is 4.79 Å². The fourth-order valence-electron chi connectivity index (χ4n) is 2.38. The minimum atomic E-state index is -1.24. The fraction of sp³-hybridized carbons (Fsp3) is 0.118. The predicted octanol–water partition coefficient (Wildman–Crippen LogP) is 2.72. The van der Waals surface area contributed by atoms with Crippen LogP contribution in [-0.4, -0.2) is 27.2 Å². The first-order valence-corrected chi connectivity index (χ1v) is 7.15. The van der Waals surface area contributed by atoms with Crippen LogP contribution in [0.5, 0.6) is 5.75 Å². The topological polar surface area (TPSA) is 113 Å². The molecule has 1 aromatic heterocycles. The molecule has 2 aromatic carbocycles. The standard InChI is InChI=1S/C17H14N2O5/c1-9-2-5-15-12(6-9)13(19-24-15)8-16(21)18-10-3-4-11(17(22)23)14(20)7-10/h2-7,20H,8H2,1H3,(H,18,21)(H,22,23). The molecule has 3 rings (SSSR count). The summed E-state index contributed by atoms with van der Waals surface area (Å²) in [5, 5.41) is 25.8. The van der Waals surface area contributed by atoms with Gasteiger partial charge in [0.15, 0.2) is 5.58 Å². The number of carboxylic acid groups (broad SMARTS) is 1. The van der Waals surface area contributed by atoms with Gasteiger partial charge in [-0.05, 0) is 31.2 Å². The molecule has 0 saturated carbocycles. The second kappa shape index (κ2) is 6.04. The first-order chi connectivity index (χ1) is 11.4. The molecule has 0 aliphatic carbocycles. The third-order valence-electron chi connectivity index (χ3n) is 3.54. The lowest BCUT2D eigenvalue weighted by Crippen LogP contribution is -2.15. The van der Waals surface area contributed by atoms with Gasteiger partial charge in [-0.25, -0.2) is 4.79 Å². The minimum absolute atomic E-state index is 0.00209. The summed E-state index contributed by atoms with van der Waals surface area (Å²) in [5.41, 5.74) is 2.21. The zero-order valence-electron chi connectivity index (χ0n) is 12.7. The monoisotopic (exact) mass is 326 g/mol. The molecule has 7 heteroatoms. The van der Waals surface area contributed by atoms with Crippen molar-refractivity contribution in [3.05, 3.63) is 53.2 Å². The average Bonchev–Trinajstić information content (AvgIpc) is 2.89. The molecule has 0 fully saturated rings. The molecule has 0 radical (unpaired) electrons. The van der Waals surface area contributed by atoms with Crippen molar-refractivity contribution >= 4 is 28.5 Å². The summed E-state index contributed by atoms with van der Waals surface area (Å²) in [4.78, 5) is 23.0. The number of aromatic nitrogens is 1. The zero-order valence-corrected chi connectivity index (χ0v) is 12.7. The number of hydrogen-bond acceptors (Lipinski definition) is 5. The van der Waals surface area contributed by atoms with E-state index in [1.807, 2.05) is 19.1 Å². The van der Waals surface area contributed by atoms with Crippen LogP contribution in [0.4, 0.5) is 5.69 Å². The Labute approximate surface area is 136 Å². The van der Waals surface area contributed by atoms with Gasteiger partial charge in [0.25, 0.3) is 0 Å². The third kappa shape index (κ3) is 3.05. The molecule has 0 aliphatic rings. The van der Waals surface area contributed by atoms with Crippen molar-refractivity contribution in [2.75, 3.05) is 5.32 Å². The molecular formula is C17H14N2O5. The highest BCUT2D eigenvalue weighted by molar-refractivity contribution is 5.96. The molecule has 7 nitrogen and oxygen atoms in total. The largest absolute Gasteiger partial charge is 0.507 e. The molecule has 0 atom stereocenters. The number of aromatic hydroxyl groups is 1. The Hall–Kier alpha value is -3.35. The van der Waals surface area contributed by atoms with Crippen LogP contribution < -0.4 is 5.32 Å². The van der Waals surface area contributed by atoms with Crippen LogP contribution in [0.3, 0.4) is 0 Å². The van der Waals surface area contributed by atoms with Crippen molar-refractivity contribution in [1.82, 2.24) is 5.16 Å². The van der Waals surface area contributed by atoms with Gasteiger partial charge in [-0.2, -0.15) is 0 Å². The van der Waals surface area contributed by atoms with Crippen molar-refractivity contribution in [2.45, 2.75) is 13.3 Å². The van der Waals surface area contributed by atoms with Crippen LogP contribution in [0.25, 0.3) is 11.0 Å². The number of carboxylic acids is 1. The van der Waals surface area contributed by atoms with E-state index in [4.69, 9.17) is 9.63 Å². The Bertz CT molecular complexity index is 945. The van der Waals surface area contributed by atoms with Gasteiger partial charge in [-0.15, -0.1) is 0 Å². The van der Waals surface area contributed by atoms with Crippen molar-refractivity contribution in [2.24, 2.45) is 0 Å². The smallest absolute Gasteiger partial charge is 0.339 e. The molecule has 24 heavy (non-hydrogen) atoms. The highest BCUT2D eigenvalue weighted by atomic mass is 16.5. The molecule has 3 aromatic rings. The number of fused-ring (bicyclic) bond motifs is 1. The number of amides is 1. The lowest BCUT2D eigenvalue weighted by Gasteiger charge is -2.06. The van der Waals surface area contributed by atoms with Crippen molar-refractivity contribution in [1.29, 1.82) is 0 Å². The number of aryl methyl sites for hydroxylation is 1. The molecule has 1 heterocycles. The SMILES string of the molecule is Cc1ccc2onc(CC(=O)Nc3ccc(C(=O)O)c(O)c3)c2c1. The van der Waals surface area contributed by atoms with Crippen LogP contribution in [-0.2, 0) is 11.2 Å². The van der Waals surface area contributed by atoms with E-state index < -0.39 is 11.7 Å². The Morgan fingerprint density at radius 1 is 1.21 bits per heavy atom. The second-order valence-corrected chi connectivity index (χ2v) is 5.39. The van der Waals surface area contributed by atoms with E-state index in [0.717, 1.165) is 10.9 Å². The van der Waals surface area contributed by atoms with E-state index in [9.17, 15) is 14.7 Å². The number of hydrogen-bond donors (Lipinski definition) is 3. The molecule has 0 unspecified atom stereocenters. The van der Waals surface area contributed by atoms with E-state index in [0.29, 0.717) is 17.0 Å². The highest BCUT2D eigenvalue weighted by Crippen LogP contribution is 2.23. The molecule has 1 amide bonds. The number of nitrogens with zero attached hydrogens (tertiary/aromatic N) is 1. The lowest BCUT2D eigenvalue weighted by atomic mass is 10.1. The number of aromatic carboxylic acids is 1. The first kappa shape index (κ1) is 15.5. The summed E-state index contributed by atoms with van der Waals surface area (Å²) >= 11 is 0. The summed E-state index contributed by atoms with van der Waals surface area (Å²) in [6.07, 6.45) is -0.00209. The van der Waals surface area contributed by atoms with E-state index in [1.165, 1.54) is 18.2 Å². The van der Waals surface area contributed by atoms with E-state index in [2.05, 4.69) is 10.5 Å². The number of rotatable bonds is 4. The number of anilines is 1. The Kier molecular flexibility index (Phi) is 3.91. The van der Waals surface area contributed by atoms with Gasteiger partial charge in [0.2, 0.25) is 5.91 Å². The van der Waals surface area contributed by atoms with Crippen LogP contribution in [0.15, 0.2) is 40.9 Å². The summed E-state index contributed by atoms with van der Waals surface area (Å²) in [6, 6.07) is 9.40. The predicted molar refractivity (Wildman–Crippen MR) is 86.1 cm³/mol. The molecule has 0 aliphatic heterocycles. The van der Waals surface area contributed by atoms with Gasteiger partial charge in [0.1, 0.15) is 17.0 Å². The normalized spacial score (nSPS) is 10.7. The molecule has 0 spiro atoms. The van der Waals surface area contributed by atoms with E-state index in [1.54, 1.807) is 6.07 Å². The van der Waals surface area contributed by atoms with Gasteiger partial charge in [0.05, 0.1) is 6.42 Å². The highest BCUT2D eigenvalue weighted by Gasteiger charge is 2.14. The number of carbonyl (C=O) groups is 2. The van der Waals surface area contributed by atoms with Gasteiger partial charge >= 0.3 is 5.97 Å². The maximum absolute atomic E-state index is 12.1. The molecule has 122 valence electrons. The second-order valence-electron chi connectivity index (χ2n) is 5.39. The minimum Gasteiger partial charge on any atom is -0.507 e. The van der Waals surface area contributed by atoms with Crippen LogP contribution in [0.2, 0.25) is 0 Å². The molecular weight excluding hydrogens is 312 g/mol. The maximum atomic E-state index is 12.1. The van der Waals surface area contributed by atoms with Gasteiger partial charge in [-0.1, -0.05) is 16.8 Å². The number of carbonyl (C=O) groups excluding carboxylic acids is 1. The van der Waals surface area contributed by atoms with Crippen LogP contribution in [0.1, 0.15) is 21.6 Å². The maximum Gasteiger partial charge on any atom is 0.339 e. The Morgan fingerprint density at radius 3 is 2.71 bits per heavy atom. The van der Waals surface area contributed by atoms with Crippen LogP contribution in [0, 0.1) is 6.92 Å². The summed E-state index contributed by atoms with van der Waals surface area (Å²) in [7, 11) is 0. The van der Waals surface area contributed by atoms with Gasteiger partial charge < -0.3 is 20.1 Å². The Morgan fingerprint density at radius 2 is 2.00 bits per heavy atom. The van der Waals surface area contributed by atoms with Crippen molar-refractivity contribution < 1.29 is 24.3 Å². The van der Waals surface area contributed by atoms with Crippen LogP contribution >= 0.6 is 0 Å². The molecule has 0 bridgehead atoms. The van der Waals surface area contributed by atoms with E-state index in [-0.39, 0.29) is 17.9 Å². The zero-order chi connectivity index (χ0) is 17.3. The lowest BCUT2D eigenvalue weighted by molar-refractivity contribution is -0.115. The number of benzene rings is 2. The van der Waals surface area contributed by atoms with Crippen molar-refractivity contribution in [3.63, 3.8) is 0 Å². The van der Waals surface area contributed by atoms with Gasteiger partial charge in [0, 0.05) is 17.1 Å². The summed E-state index contributed by atoms with van der Waals surface area (Å²) in [5.74, 6) is -2.01.